The monoisotopic (exact) mass is 317 g/mol. The van der Waals surface area contributed by atoms with E-state index in [1.165, 1.54) is 6.20 Å². The molecule has 6 heteroatoms. The molecule has 0 saturated carbocycles. The van der Waals surface area contributed by atoms with Gasteiger partial charge in [0.15, 0.2) is 0 Å². The van der Waals surface area contributed by atoms with Gasteiger partial charge in [-0.3, -0.25) is 9.59 Å². The summed E-state index contributed by atoms with van der Waals surface area (Å²) in [7, 11) is 0. The number of carbonyl (C=O) groups is 2. The van der Waals surface area contributed by atoms with Crippen molar-refractivity contribution in [3.63, 3.8) is 0 Å². The Balaban J connectivity index is 1.68. The van der Waals surface area contributed by atoms with Crippen LogP contribution in [0.5, 0.6) is 0 Å². The Morgan fingerprint density at radius 1 is 1.05 bits per heavy atom. The number of hydrogen-bond acceptors (Lipinski definition) is 3. The highest BCUT2D eigenvalue weighted by atomic mass is 35.5. The van der Waals surface area contributed by atoms with Crippen LogP contribution in [0.15, 0.2) is 48.7 Å². The molecule has 1 aromatic carbocycles. The van der Waals surface area contributed by atoms with E-state index in [0.717, 1.165) is 5.56 Å². The number of nitrogens with zero attached hydrogens (tertiary/aromatic N) is 1. The summed E-state index contributed by atoms with van der Waals surface area (Å²) in [5, 5.41) is 5.85. The van der Waals surface area contributed by atoms with E-state index in [4.69, 9.17) is 11.6 Å². The second-order valence-electron chi connectivity index (χ2n) is 4.67. The van der Waals surface area contributed by atoms with Crippen LogP contribution in [-0.2, 0) is 16.0 Å². The molecule has 114 valence electrons. The SMILES string of the molecule is O=C(Cc1ccccc1)NCCC(=O)Nc1ccc(Cl)cn1. The molecule has 0 fully saturated rings. The lowest BCUT2D eigenvalue weighted by atomic mass is 10.1. The van der Waals surface area contributed by atoms with Crippen LogP contribution in [0, 0.1) is 0 Å². The first-order chi connectivity index (χ1) is 10.6. The zero-order valence-electron chi connectivity index (χ0n) is 11.9. The maximum atomic E-state index is 11.7. The molecule has 0 atom stereocenters. The summed E-state index contributed by atoms with van der Waals surface area (Å²) < 4.78 is 0. The molecule has 2 rings (SSSR count). The third kappa shape index (κ3) is 5.54. The molecule has 1 aromatic heterocycles. The highest BCUT2D eigenvalue weighted by molar-refractivity contribution is 6.30. The molecule has 2 amide bonds. The molecule has 0 unspecified atom stereocenters. The standard InChI is InChI=1S/C16H16ClN3O2/c17-13-6-7-14(19-11-13)20-15(21)8-9-18-16(22)10-12-4-2-1-3-5-12/h1-7,11H,8-10H2,(H,18,22)(H,19,20,21). The molecule has 0 spiro atoms. The van der Waals surface area contributed by atoms with Crippen LogP contribution in [0.3, 0.4) is 0 Å². The Morgan fingerprint density at radius 2 is 1.82 bits per heavy atom. The van der Waals surface area contributed by atoms with Crippen molar-refractivity contribution >= 4 is 29.2 Å². The van der Waals surface area contributed by atoms with Crippen molar-refractivity contribution in [2.24, 2.45) is 0 Å². The van der Waals surface area contributed by atoms with E-state index in [2.05, 4.69) is 15.6 Å². The maximum Gasteiger partial charge on any atom is 0.227 e. The fourth-order valence-electron chi connectivity index (χ4n) is 1.81. The van der Waals surface area contributed by atoms with Gasteiger partial charge in [-0.15, -0.1) is 0 Å². The van der Waals surface area contributed by atoms with Crippen LogP contribution in [-0.4, -0.2) is 23.3 Å². The van der Waals surface area contributed by atoms with E-state index >= 15 is 0 Å². The maximum absolute atomic E-state index is 11.7. The Labute approximate surface area is 133 Å². The van der Waals surface area contributed by atoms with Crippen LogP contribution in [0.4, 0.5) is 5.82 Å². The lowest BCUT2D eigenvalue weighted by molar-refractivity contribution is -0.120. The van der Waals surface area contributed by atoms with Crippen LogP contribution in [0.1, 0.15) is 12.0 Å². The average Bonchev–Trinajstić information content (AvgIpc) is 2.50. The molecule has 0 aliphatic heterocycles. The Kier molecular flexibility index (Phi) is 5.91. The number of hydrogen-bond donors (Lipinski definition) is 2. The van der Waals surface area contributed by atoms with Gasteiger partial charge in [0.25, 0.3) is 0 Å². The molecule has 5 nitrogen and oxygen atoms in total. The van der Waals surface area contributed by atoms with Gasteiger partial charge in [0.05, 0.1) is 11.4 Å². The van der Waals surface area contributed by atoms with Gasteiger partial charge in [-0.05, 0) is 17.7 Å². The number of pyridine rings is 1. The van der Waals surface area contributed by atoms with Crippen LogP contribution >= 0.6 is 11.6 Å². The van der Waals surface area contributed by atoms with Gasteiger partial charge >= 0.3 is 0 Å². The number of anilines is 1. The molecule has 0 aliphatic rings. The highest BCUT2D eigenvalue weighted by Gasteiger charge is 2.06. The van der Waals surface area contributed by atoms with Crippen molar-refractivity contribution in [2.75, 3.05) is 11.9 Å². The predicted octanol–water partition coefficient (Wildman–Crippen LogP) is 2.42. The van der Waals surface area contributed by atoms with E-state index in [1.807, 2.05) is 30.3 Å². The first-order valence-corrected chi connectivity index (χ1v) is 7.23. The summed E-state index contributed by atoms with van der Waals surface area (Å²) in [6.45, 7) is 0.283. The quantitative estimate of drug-likeness (QED) is 0.859. The van der Waals surface area contributed by atoms with Crippen molar-refractivity contribution in [2.45, 2.75) is 12.8 Å². The first kappa shape index (κ1) is 16.0. The summed E-state index contributed by atoms with van der Waals surface area (Å²) in [6.07, 6.45) is 1.95. The number of aromatic nitrogens is 1. The van der Waals surface area contributed by atoms with Gasteiger partial charge in [0, 0.05) is 19.2 Å². The molecule has 22 heavy (non-hydrogen) atoms. The largest absolute Gasteiger partial charge is 0.355 e. The summed E-state index contributed by atoms with van der Waals surface area (Å²) in [5.41, 5.74) is 0.940. The third-order valence-electron chi connectivity index (χ3n) is 2.88. The zero-order valence-corrected chi connectivity index (χ0v) is 12.6. The molecular formula is C16H16ClN3O2. The third-order valence-corrected chi connectivity index (χ3v) is 3.10. The number of nitrogens with one attached hydrogen (secondary N) is 2. The predicted molar refractivity (Wildman–Crippen MR) is 85.6 cm³/mol. The molecule has 0 saturated heterocycles. The van der Waals surface area contributed by atoms with Crippen molar-refractivity contribution in [1.82, 2.24) is 10.3 Å². The minimum Gasteiger partial charge on any atom is -0.355 e. The molecule has 0 radical (unpaired) electrons. The molecule has 2 aromatic rings. The van der Waals surface area contributed by atoms with Crippen molar-refractivity contribution < 1.29 is 9.59 Å². The van der Waals surface area contributed by atoms with Crippen LogP contribution in [0.25, 0.3) is 0 Å². The molecule has 1 heterocycles. The number of amides is 2. The molecular weight excluding hydrogens is 302 g/mol. The van der Waals surface area contributed by atoms with E-state index in [-0.39, 0.29) is 24.8 Å². The Bertz CT molecular complexity index is 630. The fraction of sp³-hybridized carbons (Fsp3) is 0.188. The number of benzene rings is 1. The second kappa shape index (κ2) is 8.14. The van der Waals surface area contributed by atoms with Crippen molar-refractivity contribution in [3.05, 3.63) is 59.2 Å². The van der Waals surface area contributed by atoms with Gasteiger partial charge in [0.2, 0.25) is 11.8 Å². The van der Waals surface area contributed by atoms with Crippen LogP contribution < -0.4 is 10.6 Å². The molecule has 0 bridgehead atoms. The van der Waals surface area contributed by atoms with Gasteiger partial charge in [-0.1, -0.05) is 41.9 Å². The van der Waals surface area contributed by atoms with E-state index in [9.17, 15) is 9.59 Å². The lowest BCUT2D eigenvalue weighted by Gasteiger charge is -2.06. The highest BCUT2D eigenvalue weighted by Crippen LogP contribution is 2.09. The van der Waals surface area contributed by atoms with Crippen molar-refractivity contribution in [1.29, 1.82) is 0 Å². The van der Waals surface area contributed by atoms with Gasteiger partial charge in [-0.25, -0.2) is 4.98 Å². The van der Waals surface area contributed by atoms with E-state index in [1.54, 1.807) is 12.1 Å². The molecule has 2 N–H and O–H groups in total. The van der Waals surface area contributed by atoms with E-state index in [0.29, 0.717) is 17.3 Å². The number of rotatable bonds is 6. The van der Waals surface area contributed by atoms with E-state index < -0.39 is 0 Å². The minimum atomic E-state index is -0.213. The normalized spacial score (nSPS) is 10.0. The second-order valence-corrected chi connectivity index (χ2v) is 5.11. The number of halogens is 1. The topological polar surface area (TPSA) is 71.1 Å². The number of carbonyl (C=O) groups excluding carboxylic acids is 2. The van der Waals surface area contributed by atoms with Gasteiger partial charge in [-0.2, -0.15) is 0 Å². The Morgan fingerprint density at radius 3 is 2.50 bits per heavy atom. The van der Waals surface area contributed by atoms with Gasteiger partial charge in [0.1, 0.15) is 5.82 Å². The lowest BCUT2D eigenvalue weighted by Crippen LogP contribution is -2.29. The fourth-order valence-corrected chi connectivity index (χ4v) is 1.93. The smallest absolute Gasteiger partial charge is 0.227 e. The Hall–Kier alpha value is -2.40. The summed E-state index contributed by atoms with van der Waals surface area (Å²) in [4.78, 5) is 27.4. The summed E-state index contributed by atoms with van der Waals surface area (Å²) in [6, 6.07) is 12.7. The van der Waals surface area contributed by atoms with Crippen LogP contribution in [0.2, 0.25) is 5.02 Å². The first-order valence-electron chi connectivity index (χ1n) is 6.85. The average molecular weight is 318 g/mol. The summed E-state index contributed by atoms with van der Waals surface area (Å²) in [5.74, 6) is 0.114. The molecule has 0 aliphatic carbocycles. The summed E-state index contributed by atoms with van der Waals surface area (Å²) >= 11 is 5.71. The van der Waals surface area contributed by atoms with Crippen molar-refractivity contribution in [3.8, 4) is 0 Å². The van der Waals surface area contributed by atoms with Gasteiger partial charge < -0.3 is 10.6 Å². The minimum absolute atomic E-state index is 0.108. The zero-order chi connectivity index (χ0) is 15.8.